The highest BCUT2D eigenvalue weighted by atomic mass is 14.7. The summed E-state index contributed by atoms with van der Waals surface area (Å²) in [6, 6.07) is 43.3. The molecule has 214 valence electrons. The van der Waals surface area contributed by atoms with Crippen molar-refractivity contribution in [2.24, 2.45) is 0 Å². The summed E-state index contributed by atoms with van der Waals surface area (Å²) in [5.41, 5.74) is 16.1. The molecule has 2 nitrogen and oxygen atoms in total. The number of hydrogen-bond acceptors (Lipinski definition) is 2. The molecule has 0 fully saturated rings. The molecule has 0 aliphatic heterocycles. The van der Waals surface area contributed by atoms with E-state index in [0.29, 0.717) is 0 Å². The third-order valence-corrected chi connectivity index (χ3v) is 8.84. The van der Waals surface area contributed by atoms with Crippen molar-refractivity contribution in [3.63, 3.8) is 0 Å². The Morgan fingerprint density at radius 2 is 0.750 bits per heavy atom. The van der Waals surface area contributed by atoms with Gasteiger partial charge in [0.1, 0.15) is 0 Å². The number of nitrogens with zero attached hydrogens (tertiary/aromatic N) is 2. The highest BCUT2D eigenvalue weighted by Crippen LogP contribution is 2.36. The summed E-state index contributed by atoms with van der Waals surface area (Å²) in [7, 11) is 0. The fourth-order valence-corrected chi connectivity index (χ4v) is 6.43. The van der Waals surface area contributed by atoms with Crippen LogP contribution in [0.15, 0.2) is 134 Å². The van der Waals surface area contributed by atoms with Gasteiger partial charge in [-0.1, -0.05) is 123 Å². The first-order valence-electron chi connectivity index (χ1n) is 15.7. The highest BCUT2D eigenvalue weighted by molar-refractivity contribution is 6.02. The Balaban J connectivity index is 0.000000109. The molecule has 0 radical (unpaired) electrons. The van der Waals surface area contributed by atoms with E-state index in [4.69, 9.17) is 0 Å². The fraction of sp³-hybridized carbons (Fsp3) is 0.143. The molecule has 2 heterocycles. The molecule has 0 amide bonds. The minimum atomic E-state index is 1.01. The molecule has 2 heteroatoms. The van der Waals surface area contributed by atoms with Crippen LogP contribution in [0.2, 0.25) is 0 Å². The van der Waals surface area contributed by atoms with E-state index in [0.717, 1.165) is 36.7 Å². The van der Waals surface area contributed by atoms with Crippen molar-refractivity contribution in [1.29, 1.82) is 0 Å². The average molecular weight is 569 g/mol. The lowest BCUT2D eigenvalue weighted by Crippen LogP contribution is -1.90. The molecule has 0 atom stereocenters. The maximum absolute atomic E-state index is 4.57. The zero-order chi connectivity index (χ0) is 29.9. The maximum Gasteiger partial charge on any atom is 0.0964 e. The monoisotopic (exact) mass is 568 g/mol. The van der Waals surface area contributed by atoms with Crippen LogP contribution in [-0.2, 0) is 25.7 Å². The van der Waals surface area contributed by atoms with Crippen molar-refractivity contribution in [3.8, 4) is 22.3 Å². The van der Waals surface area contributed by atoms with Crippen LogP contribution in [0.3, 0.4) is 0 Å². The molecule has 0 N–H and O–H groups in total. The van der Waals surface area contributed by atoms with E-state index >= 15 is 0 Å². The number of aryl methyl sites for hydroxylation is 2. The molecule has 0 saturated carbocycles. The smallest absolute Gasteiger partial charge is 0.0964 e. The van der Waals surface area contributed by atoms with Gasteiger partial charge in [-0.15, -0.1) is 0 Å². The third kappa shape index (κ3) is 5.40. The molecule has 0 spiro atoms. The number of pyridine rings is 2. The van der Waals surface area contributed by atoms with E-state index in [2.05, 4.69) is 145 Å². The zero-order valence-electron chi connectivity index (χ0n) is 25.4. The van der Waals surface area contributed by atoms with Gasteiger partial charge < -0.3 is 0 Å². The first kappa shape index (κ1) is 27.7. The molecule has 0 unspecified atom stereocenters. The molecule has 0 bridgehead atoms. The minimum absolute atomic E-state index is 1.01. The van der Waals surface area contributed by atoms with Crippen LogP contribution in [0, 0.1) is 0 Å². The molecule has 2 aliphatic rings. The van der Waals surface area contributed by atoms with Crippen molar-refractivity contribution < 1.29 is 0 Å². The minimum Gasteiger partial charge on any atom is -0.254 e. The summed E-state index contributed by atoms with van der Waals surface area (Å²) in [5, 5.41) is 2.36. The summed E-state index contributed by atoms with van der Waals surface area (Å²) in [5.74, 6) is 0. The van der Waals surface area contributed by atoms with Gasteiger partial charge in [-0.05, 0) is 93.5 Å². The first-order chi connectivity index (χ1) is 21.7. The predicted octanol–water partition coefficient (Wildman–Crippen LogP) is 10.4. The number of aromatic nitrogens is 2. The zero-order valence-corrected chi connectivity index (χ0v) is 25.4. The van der Waals surface area contributed by atoms with Crippen molar-refractivity contribution in [1.82, 2.24) is 9.97 Å². The Kier molecular flexibility index (Phi) is 7.73. The Hall–Kier alpha value is -5.08. The van der Waals surface area contributed by atoms with Crippen LogP contribution in [0.25, 0.3) is 44.1 Å². The quantitative estimate of drug-likeness (QED) is 0.194. The maximum atomic E-state index is 4.57. The third-order valence-electron chi connectivity index (χ3n) is 8.84. The SMILES string of the molecule is CCc1cnc2c(ccc3cc(CC)cnc32)c1.c1ccc2c(c1)Cc1ccccc1-2.c1ccc2c(c1)Cc1ccccc1-2. The Morgan fingerprint density at radius 1 is 0.432 bits per heavy atom. The summed E-state index contributed by atoms with van der Waals surface area (Å²) >= 11 is 0. The van der Waals surface area contributed by atoms with Crippen molar-refractivity contribution in [2.45, 2.75) is 39.5 Å². The van der Waals surface area contributed by atoms with Gasteiger partial charge in [0.05, 0.1) is 11.0 Å². The molecule has 44 heavy (non-hydrogen) atoms. The molecule has 2 aromatic heterocycles. The van der Waals surface area contributed by atoms with Crippen molar-refractivity contribution in [2.75, 3.05) is 0 Å². The molecule has 9 rings (SSSR count). The van der Waals surface area contributed by atoms with Gasteiger partial charge in [-0.3, -0.25) is 9.97 Å². The van der Waals surface area contributed by atoms with Crippen molar-refractivity contribution >= 4 is 21.8 Å². The van der Waals surface area contributed by atoms with E-state index in [-0.39, 0.29) is 0 Å². The lowest BCUT2D eigenvalue weighted by molar-refractivity contribution is 1.11. The molecule has 7 aromatic rings. The number of rotatable bonds is 2. The molecular weight excluding hydrogens is 532 g/mol. The van der Waals surface area contributed by atoms with Crippen LogP contribution in [0.4, 0.5) is 0 Å². The van der Waals surface area contributed by atoms with Crippen LogP contribution >= 0.6 is 0 Å². The molecule has 5 aromatic carbocycles. The average Bonchev–Trinajstić information content (AvgIpc) is 3.67. The summed E-state index contributed by atoms with van der Waals surface area (Å²) in [6.07, 6.45) is 8.15. The van der Waals surface area contributed by atoms with E-state index in [1.807, 2.05) is 12.4 Å². The van der Waals surface area contributed by atoms with E-state index < -0.39 is 0 Å². The summed E-state index contributed by atoms with van der Waals surface area (Å²) < 4.78 is 0. The predicted molar refractivity (Wildman–Crippen MR) is 185 cm³/mol. The summed E-state index contributed by atoms with van der Waals surface area (Å²) in [4.78, 5) is 9.15. The second-order valence-corrected chi connectivity index (χ2v) is 11.6. The summed E-state index contributed by atoms with van der Waals surface area (Å²) in [6.45, 7) is 4.30. The number of hydrogen-bond donors (Lipinski definition) is 0. The van der Waals surface area contributed by atoms with Gasteiger partial charge >= 0.3 is 0 Å². The molecule has 2 aliphatic carbocycles. The lowest BCUT2D eigenvalue weighted by Gasteiger charge is -2.05. The second kappa shape index (κ2) is 12.3. The standard InChI is InChI=1S/C16H16N2.2C13H10/c1-3-11-7-13-5-6-14-8-12(4-2)10-18-16(14)15(13)17-9-11;2*1-3-7-12-10(5-1)9-11-6-2-4-8-13(11)12/h5-10H,3-4H2,1-2H3;2*1-8H,9H2. The van der Waals surface area contributed by atoms with E-state index in [1.54, 1.807) is 0 Å². The largest absolute Gasteiger partial charge is 0.254 e. The Labute approximate surface area is 260 Å². The lowest BCUT2D eigenvalue weighted by atomic mass is 10.1. The second-order valence-electron chi connectivity index (χ2n) is 11.6. The number of fused-ring (bicyclic) bond motifs is 9. The first-order valence-corrected chi connectivity index (χ1v) is 15.7. The molecule has 0 saturated heterocycles. The van der Waals surface area contributed by atoms with Gasteiger partial charge in [0.25, 0.3) is 0 Å². The van der Waals surface area contributed by atoms with Crippen LogP contribution in [0.5, 0.6) is 0 Å². The highest BCUT2D eigenvalue weighted by Gasteiger charge is 2.17. The van der Waals surface area contributed by atoms with Gasteiger partial charge in [-0.25, -0.2) is 0 Å². The Morgan fingerprint density at radius 3 is 1.07 bits per heavy atom. The van der Waals surface area contributed by atoms with E-state index in [1.165, 1.54) is 66.4 Å². The van der Waals surface area contributed by atoms with Crippen molar-refractivity contribution in [3.05, 3.63) is 167 Å². The van der Waals surface area contributed by atoms with Crippen LogP contribution in [-0.4, -0.2) is 9.97 Å². The number of benzene rings is 5. The topological polar surface area (TPSA) is 25.8 Å². The molecular formula is C42H36N2. The van der Waals surface area contributed by atoms with Gasteiger partial charge in [0.15, 0.2) is 0 Å². The van der Waals surface area contributed by atoms with E-state index in [9.17, 15) is 0 Å². The van der Waals surface area contributed by atoms with Crippen LogP contribution < -0.4 is 0 Å². The normalized spacial score (nSPS) is 11.9. The van der Waals surface area contributed by atoms with Gasteiger partial charge in [-0.2, -0.15) is 0 Å². The van der Waals surface area contributed by atoms with Gasteiger partial charge in [0, 0.05) is 23.2 Å². The fourth-order valence-electron chi connectivity index (χ4n) is 6.43. The van der Waals surface area contributed by atoms with Gasteiger partial charge in [0.2, 0.25) is 0 Å². The Bertz CT molecular complexity index is 1870. The van der Waals surface area contributed by atoms with Crippen LogP contribution in [0.1, 0.15) is 47.2 Å².